The van der Waals surface area contributed by atoms with E-state index in [1.165, 1.54) is 12.1 Å². The number of carbonyl (C=O) groups excluding carboxylic acids is 1. The number of guanidine groups is 1. The van der Waals surface area contributed by atoms with E-state index in [4.69, 9.17) is 15.2 Å². The van der Waals surface area contributed by atoms with Gasteiger partial charge in [0.25, 0.3) is 0 Å². The summed E-state index contributed by atoms with van der Waals surface area (Å²) in [5, 5.41) is 0. The number of rotatable bonds is 4. The van der Waals surface area contributed by atoms with Crippen LogP contribution in [-0.2, 0) is 11.3 Å². The monoisotopic (exact) mass is 544 g/mol. The molecule has 7 nitrogen and oxygen atoms in total. The Morgan fingerprint density at radius 1 is 1.13 bits per heavy atom. The first-order valence-corrected chi connectivity index (χ1v) is 9.24. The van der Waals surface area contributed by atoms with Crippen molar-refractivity contribution in [2.24, 2.45) is 10.7 Å². The molecule has 1 aliphatic heterocycles. The Morgan fingerprint density at radius 3 is 2.30 bits per heavy atom. The van der Waals surface area contributed by atoms with Crippen LogP contribution in [-0.4, -0.2) is 66.4 Å². The zero-order chi connectivity index (χ0) is 21.7. The predicted octanol–water partition coefficient (Wildman–Crippen LogP) is 3.61. The molecule has 2 rings (SSSR count). The molecule has 30 heavy (non-hydrogen) atoms. The zero-order valence-corrected chi connectivity index (χ0v) is 19.6. The second-order valence-corrected chi connectivity index (χ2v) is 7.68. The largest absolute Gasteiger partial charge is 0.484 e. The molecule has 1 heterocycles. The maximum absolute atomic E-state index is 12.3. The van der Waals surface area contributed by atoms with Crippen molar-refractivity contribution < 1.29 is 27.4 Å². The van der Waals surface area contributed by atoms with E-state index < -0.39 is 18.4 Å². The number of piperazine rings is 1. The van der Waals surface area contributed by atoms with E-state index in [0.29, 0.717) is 37.7 Å². The lowest BCUT2D eigenvalue weighted by atomic mass is 10.2. The summed E-state index contributed by atoms with van der Waals surface area (Å²) in [4.78, 5) is 19.9. The summed E-state index contributed by atoms with van der Waals surface area (Å²) in [5.41, 5.74) is 6.17. The number of alkyl halides is 3. The van der Waals surface area contributed by atoms with Gasteiger partial charge in [-0.15, -0.1) is 24.0 Å². The Labute approximate surface area is 191 Å². The minimum absolute atomic E-state index is 0. The van der Waals surface area contributed by atoms with E-state index in [2.05, 4.69) is 4.99 Å². The number of aliphatic imine (C=N–C) groups is 1. The highest BCUT2D eigenvalue weighted by Crippen LogP contribution is 2.20. The van der Waals surface area contributed by atoms with Crippen LogP contribution in [0.1, 0.15) is 26.3 Å². The predicted molar refractivity (Wildman–Crippen MR) is 118 cm³/mol. The molecular weight excluding hydrogens is 516 g/mol. The molecule has 0 saturated carbocycles. The molecule has 1 saturated heterocycles. The normalized spacial score (nSPS) is 15.5. The minimum Gasteiger partial charge on any atom is -0.484 e. The third-order valence-corrected chi connectivity index (χ3v) is 3.98. The molecule has 0 aromatic heterocycles. The number of nitrogens with zero attached hydrogens (tertiary/aromatic N) is 3. The number of hydrogen-bond acceptors (Lipinski definition) is 4. The molecule has 0 spiro atoms. The van der Waals surface area contributed by atoms with Crippen LogP contribution in [0.4, 0.5) is 18.0 Å². The number of ether oxygens (including phenoxy) is 2. The van der Waals surface area contributed by atoms with Crippen molar-refractivity contribution in [2.45, 2.75) is 39.1 Å². The number of nitrogens with two attached hydrogens (primary N) is 1. The highest BCUT2D eigenvalue weighted by Gasteiger charge is 2.28. The SMILES string of the molecule is CC(C)(C)OC(=O)N1CCN(C(N)=NCc2cccc(OCC(F)(F)F)c2)CC1.I. The maximum Gasteiger partial charge on any atom is 0.422 e. The maximum atomic E-state index is 12.3. The molecule has 2 N–H and O–H groups in total. The summed E-state index contributed by atoms with van der Waals surface area (Å²) < 4.78 is 46.9. The molecule has 0 unspecified atom stereocenters. The van der Waals surface area contributed by atoms with Gasteiger partial charge in [-0.2, -0.15) is 13.2 Å². The molecule has 0 atom stereocenters. The topological polar surface area (TPSA) is 80.4 Å². The Kier molecular flexibility index (Phi) is 9.50. The molecular formula is C19H28F3IN4O3. The van der Waals surface area contributed by atoms with Crippen molar-refractivity contribution in [2.75, 3.05) is 32.8 Å². The number of halogens is 4. The molecule has 0 aliphatic carbocycles. The first-order chi connectivity index (χ1) is 13.4. The molecule has 1 aromatic carbocycles. The molecule has 1 aromatic rings. The third kappa shape index (κ3) is 9.26. The second kappa shape index (κ2) is 10.9. The van der Waals surface area contributed by atoms with Crippen LogP contribution < -0.4 is 10.5 Å². The number of benzene rings is 1. The van der Waals surface area contributed by atoms with Gasteiger partial charge in [-0.25, -0.2) is 9.79 Å². The van der Waals surface area contributed by atoms with Crippen LogP contribution in [0.25, 0.3) is 0 Å². The highest BCUT2D eigenvalue weighted by atomic mass is 127. The summed E-state index contributed by atoms with van der Waals surface area (Å²) >= 11 is 0. The van der Waals surface area contributed by atoms with Crippen molar-refractivity contribution in [3.05, 3.63) is 29.8 Å². The van der Waals surface area contributed by atoms with Crippen molar-refractivity contribution in [1.29, 1.82) is 0 Å². The average molecular weight is 544 g/mol. The summed E-state index contributed by atoms with van der Waals surface area (Å²) in [6.07, 6.45) is -4.75. The van der Waals surface area contributed by atoms with E-state index in [1.54, 1.807) is 17.0 Å². The van der Waals surface area contributed by atoms with Gasteiger partial charge in [0.2, 0.25) is 0 Å². The average Bonchev–Trinajstić information content (AvgIpc) is 2.63. The van der Waals surface area contributed by atoms with Crippen molar-refractivity contribution >= 4 is 36.0 Å². The summed E-state index contributed by atoms with van der Waals surface area (Å²) in [7, 11) is 0. The quantitative estimate of drug-likeness (QED) is 0.356. The third-order valence-electron chi connectivity index (χ3n) is 3.98. The first-order valence-electron chi connectivity index (χ1n) is 9.24. The number of hydrogen-bond donors (Lipinski definition) is 1. The molecule has 1 fully saturated rings. The van der Waals surface area contributed by atoms with Gasteiger partial charge in [-0.1, -0.05) is 12.1 Å². The summed E-state index contributed by atoms with van der Waals surface area (Å²) in [6, 6.07) is 6.30. The van der Waals surface area contributed by atoms with E-state index in [9.17, 15) is 18.0 Å². The molecule has 170 valence electrons. The fraction of sp³-hybridized carbons (Fsp3) is 0.579. The number of amides is 1. The van der Waals surface area contributed by atoms with Crippen LogP contribution in [0, 0.1) is 0 Å². The van der Waals surface area contributed by atoms with Crippen molar-refractivity contribution in [1.82, 2.24) is 9.80 Å². The fourth-order valence-corrected chi connectivity index (χ4v) is 2.62. The highest BCUT2D eigenvalue weighted by molar-refractivity contribution is 14.0. The van der Waals surface area contributed by atoms with Crippen molar-refractivity contribution in [3.63, 3.8) is 0 Å². The van der Waals surface area contributed by atoms with E-state index in [1.807, 2.05) is 25.7 Å². The number of carbonyl (C=O) groups is 1. The van der Waals surface area contributed by atoms with Gasteiger partial charge < -0.3 is 25.0 Å². The van der Waals surface area contributed by atoms with Gasteiger partial charge in [0.05, 0.1) is 6.54 Å². The van der Waals surface area contributed by atoms with E-state index >= 15 is 0 Å². The standard InChI is InChI=1S/C19H27F3N4O3.HI/c1-18(2,3)29-17(27)26-9-7-25(8-10-26)16(23)24-12-14-5-4-6-15(11-14)28-13-19(20,21)22;/h4-6,11H,7-10,12-13H2,1-3H3,(H2,23,24);1H. The Bertz CT molecular complexity index is 730. The first kappa shape index (κ1) is 26.1. The summed E-state index contributed by atoms with van der Waals surface area (Å²) in [6.45, 7) is 6.27. The smallest absolute Gasteiger partial charge is 0.422 e. The summed E-state index contributed by atoms with van der Waals surface area (Å²) in [5.74, 6) is 0.440. The molecule has 0 bridgehead atoms. The molecule has 0 radical (unpaired) electrons. The van der Waals surface area contributed by atoms with Crippen LogP contribution in [0.5, 0.6) is 5.75 Å². The van der Waals surface area contributed by atoms with Gasteiger partial charge in [0.1, 0.15) is 11.4 Å². The van der Waals surface area contributed by atoms with Crippen LogP contribution in [0.3, 0.4) is 0 Å². The Balaban J connectivity index is 0.00000450. The van der Waals surface area contributed by atoms with Gasteiger partial charge >= 0.3 is 12.3 Å². The minimum atomic E-state index is -4.39. The van der Waals surface area contributed by atoms with E-state index in [0.717, 1.165) is 0 Å². The lowest BCUT2D eigenvalue weighted by molar-refractivity contribution is -0.153. The molecule has 1 amide bonds. The zero-order valence-electron chi connectivity index (χ0n) is 17.2. The Morgan fingerprint density at radius 2 is 1.73 bits per heavy atom. The fourth-order valence-electron chi connectivity index (χ4n) is 2.62. The van der Waals surface area contributed by atoms with Crippen LogP contribution >= 0.6 is 24.0 Å². The lowest BCUT2D eigenvalue weighted by Gasteiger charge is -2.36. The van der Waals surface area contributed by atoms with Gasteiger partial charge in [0, 0.05) is 26.2 Å². The molecule has 11 heteroatoms. The van der Waals surface area contributed by atoms with Gasteiger partial charge in [-0.05, 0) is 38.5 Å². The van der Waals surface area contributed by atoms with Crippen LogP contribution in [0.2, 0.25) is 0 Å². The second-order valence-electron chi connectivity index (χ2n) is 7.68. The molecule has 1 aliphatic rings. The lowest BCUT2D eigenvalue weighted by Crippen LogP contribution is -2.53. The van der Waals surface area contributed by atoms with Gasteiger partial charge in [0.15, 0.2) is 12.6 Å². The van der Waals surface area contributed by atoms with Crippen molar-refractivity contribution in [3.8, 4) is 5.75 Å². The van der Waals surface area contributed by atoms with E-state index in [-0.39, 0.29) is 42.4 Å². The van der Waals surface area contributed by atoms with Gasteiger partial charge in [-0.3, -0.25) is 0 Å². The van der Waals surface area contributed by atoms with Crippen LogP contribution in [0.15, 0.2) is 29.3 Å². The Hall–Kier alpha value is -1.92.